The van der Waals surface area contributed by atoms with Crippen molar-refractivity contribution in [3.05, 3.63) is 63.9 Å². The van der Waals surface area contributed by atoms with Gasteiger partial charge in [0, 0.05) is 35.8 Å². The van der Waals surface area contributed by atoms with Crippen LogP contribution >= 0.6 is 35.0 Å². The standard InChI is InChI=1S/C24H24Cl3FN4O/c1-14-22(24(33)32(27)30-12-16-3-2-4-17(16)13-30)29-31(21-10-7-18(25)11-20(21)26)23(14)15-5-8-19(28)9-6-15/h5-11,14,16-17,23H,2-4,12-13H2,1H3/t14-,16?,17?,23+/m1/s1. The first-order valence-corrected chi connectivity index (χ1v) is 12.3. The van der Waals surface area contributed by atoms with Gasteiger partial charge in [-0.05, 0) is 60.6 Å². The number of amides is 1. The predicted octanol–water partition coefficient (Wildman–Crippen LogP) is 6.32. The van der Waals surface area contributed by atoms with Crippen molar-refractivity contribution in [2.45, 2.75) is 32.2 Å². The SMILES string of the molecule is C[C@@H]1C(C(=O)N(Cl)N2CC3CCCC3C2)=NN(c2ccc(Cl)cc2Cl)[C@@H]1c1ccc(F)cc1. The predicted molar refractivity (Wildman–Crippen MR) is 130 cm³/mol. The average Bonchev–Trinajstić information content (AvgIpc) is 3.47. The van der Waals surface area contributed by atoms with Crippen molar-refractivity contribution in [1.29, 1.82) is 0 Å². The second kappa shape index (κ2) is 9.06. The quantitative estimate of drug-likeness (QED) is 0.453. The molecule has 5 nitrogen and oxygen atoms in total. The summed E-state index contributed by atoms with van der Waals surface area (Å²) < 4.78 is 14.8. The van der Waals surface area contributed by atoms with Crippen molar-refractivity contribution in [3.63, 3.8) is 0 Å². The maximum absolute atomic E-state index is 13.6. The number of hydrazine groups is 1. The van der Waals surface area contributed by atoms with Crippen LogP contribution in [0.15, 0.2) is 47.6 Å². The summed E-state index contributed by atoms with van der Waals surface area (Å²) in [5, 5.41) is 9.26. The van der Waals surface area contributed by atoms with Gasteiger partial charge in [-0.25, -0.2) is 9.40 Å². The Morgan fingerprint density at radius 2 is 1.76 bits per heavy atom. The molecule has 2 aliphatic heterocycles. The van der Waals surface area contributed by atoms with E-state index in [0.29, 0.717) is 33.3 Å². The Hall–Kier alpha value is -1.86. The first-order chi connectivity index (χ1) is 15.8. The van der Waals surface area contributed by atoms with Crippen LogP contribution in [-0.4, -0.2) is 34.2 Å². The molecule has 0 bridgehead atoms. The number of rotatable bonds is 4. The number of carbonyl (C=O) groups is 1. The molecule has 1 amide bonds. The Morgan fingerprint density at radius 3 is 2.39 bits per heavy atom. The lowest BCUT2D eigenvalue weighted by Crippen LogP contribution is -2.43. The van der Waals surface area contributed by atoms with E-state index < -0.39 is 0 Å². The van der Waals surface area contributed by atoms with E-state index in [4.69, 9.17) is 40.1 Å². The van der Waals surface area contributed by atoms with Gasteiger partial charge >= 0.3 is 0 Å². The molecule has 9 heteroatoms. The van der Waals surface area contributed by atoms with E-state index in [-0.39, 0.29) is 23.7 Å². The molecule has 2 aromatic carbocycles. The lowest BCUT2D eigenvalue weighted by Gasteiger charge is -2.28. The number of hydrazone groups is 1. The fourth-order valence-corrected chi connectivity index (χ4v) is 6.11. The van der Waals surface area contributed by atoms with Gasteiger partial charge in [0.1, 0.15) is 11.5 Å². The fourth-order valence-electron chi connectivity index (χ4n) is 5.41. The van der Waals surface area contributed by atoms with Crippen molar-refractivity contribution in [1.82, 2.24) is 9.54 Å². The van der Waals surface area contributed by atoms with Gasteiger partial charge in [-0.1, -0.05) is 48.7 Å². The van der Waals surface area contributed by atoms with Crippen LogP contribution in [0.4, 0.5) is 10.1 Å². The maximum Gasteiger partial charge on any atom is 0.299 e. The molecule has 174 valence electrons. The van der Waals surface area contributed by atoms with Crippen LogP contribution in [0.5, 0.6) is 0 Å². The minimum absolute atomic E-state index is 0.307. The largest absolute Gasteiger partial charge is 0.299 e. The Labute approximate surface area is 207 Å². The Balaban J connectivity index is 1.47. The van der Waals surface area contributed by atoms with E-state index in [1.165, 1.54) is 35.9 Å². The first kappa shape index (κ1) is 22.9. The van der Waals surface area contributed by atoms with E-state index in [2.05, 4.69) is 0 Å². The molecule has 4 atom stereocenters. The summed E-state index contributed by atoms with van der Waals surface area (Å²) in [5.41, 5.74) is 1.77. The smallest absolute Gasteiger partial charge is 0.265 e. The molecular weight excluding hydrogens is 486 g/mol. The minimum Gasteiger partial charge on any atom is -0.265 e. The Bertz CT molecular complexity index is 1080. The third-order valence-corrected chi connectivity index (χ3v) is 8.00. The zero-order chi connectivity index (χ0) is 23.3. The van der Waals surface area contributed by atoms with E-state index in [9.17, 15) is 9.18 Å². The maximum atomic E-state index is 13.6. The topological polar surface area (TPSA) is 39.2 Å². The molecule has 2 unspecified atom stereocenters. The van der Waals surface area contributed by atoms with Crippen LogP contribution in [0.1, 0.15) is 37.8 Å². The number of anilines is 1. The van der Waals surface area contributed by atoms with Gasteiger partial charge in [0.25, 0.3) is 5.91 Å². The number of halogens is 4. The molecule has 1 saturated heterocycles. The summed E-state index contributed by atoms with van der Waals surface area (Å²) in [7, 11) is 0. The zero-order valence-electron chi connectivity index (χ0n) is 18.1. The van der Waals surface area contributed by atoms with Gasteiger partial charge in [0.2, 0.25) is 0 Å². The van der Waals surface area contributed by atoms with Gasteiger partial charge in [-0.3, -0.25) is 9.80 Å². The molecule has 1 aliphatic carbocycles. The van der Waals surface area contributed by atoms with Gasteiger partial charge in [-0.15, -0.1) is 0 Å². The second-order valence-electron chi connectivity index (χ2n) is 9.10. The number of fused-ring (bicyclic) bond motifs is 1. The van der Waals surface area contributed by atoms with Crippen molar-refractivity contribution in [2.24, 2.45) is 22.9 Å². The summed E-state index contributed by atoms with van der Waals surface area (Å²) in [6.45, 7) is 3.50. The monoisotopic (exact) mass is 508 g/mol. The minimum atomic E-state index is -0.355. The van der Waals surface area contributed by atoms with Crippen molar-refractivity contribution >= 4 is 52.3 Å². The van der Waals surface area contributed by atoms with Crippen molar-refractivity contribution in [3.8, 4) is 0 Å². The highest BCUT2D eigenvalue weighted by Gasteiger charge is 2.44. The van der Waals surface area contributed by atoms with Gasteiger partial charge in [0.05, 0.1) is 16.8 Å². The zero-order valence-corrected chi connectivity index (χ0v) is 20.4. The normalized spacial score (nSPS) is 27.1. The molecule has 2 aromatic rings. The van der Waals surface area contributed by atoms with Crippen LogP contribution in [-0.2, 0) is 4.79 Å². The summed E-state index contributed by atoms with van der Waals surface area (Å²) in [4.78, 5) is 13.5. The molecule has 2 fully saturated rings. The van der Waals surface area contributed by atoms with Gasteiger partial charge < -0.3 is 0 Å². The van der Waals surface area contributed by atoms with Crippen LogP contribution in [0.25, 0.3) is 0 Å². The molecule has 2 heterocycles. The Kier molecular flexibility index (Phi) is 6.29. The van der Waals surface area contributed by atoms with Crippen molar-refractivity contribution in [2.75, 3.05) is 18.1 Å². The average molecular weight is 510 g/mol. The third-order valence-electron chi connectivity index (χ3n) is 7.09. The van der Waals surface area contributed by atoms with Gasteiger partial charge in [0.15, 0.2) is 0 Å². The molecular formula is C24H24Cl3FN4O. The van der Waals surface area contributed by atoms with Crippen LogP contribution in [0, 0.1) is 23.6 Å². The van der Waals surface area contributed by atoms with E-state index in [1.807, 2.05) is 11.9 Å². The fraction of sp³-hybridized carbons (Fsp3) is 0.417. The molecule has 0 N–H and O–H groups in total. The Morgan fingerprint density at radius 1 is 1.09 bits per heavy atom. The number of hydrogen-bond acceptors (Lipinski definition) is 4. The molecule has 0 radical (unpaired) electrons. The first-order valence-electron chi connectivity index (χ1n) is 11.2. The molecule has 0 spiro atoms. The van der Waals surface area contributed by atoms with E-state index in [1.54, 1.807) is 35.3 Å². The van der Waals surface area contributed by atoms with Crippen LogP contribution in [0.3, 0.4) is 0 Å². The van der Waals surface area contributed by atoms with Crippen LogP contribution in [0.2, 0.25) is 10.0 Å². The number of nitrogens with zero attached hydrogens (tertiary/aromatic N) is 4. The highest BCUT2D eigenvalue weighted by atomic mass is 35.5. The molecule has 5 rings (SSSR count). The summed E-state index contributed by atoms with van der Waals surface area (Å²) in [6, 6.07) is 11.0. The summed E-state index contributed by atoms with van der Waals surface area (Å²) in [6.07, 6.45) is 3.62. The van der Waals surface area contributed by atoms with E-state index in [0.717, 1.165) is 18.7 Å². The number of benzene rings is 2. The lowest BCUT2D eigenvalue weighted by molar-refractivity contribution is -0.129. The van der Waals surface area contributed by atoms with Crippen LogP contribution < -0.4 is 5.01 Å². The van der Waals surface area contributed by atoms with E-state index >= 15 is 0 Å². The lowest BCUT2D eigenvalue weighted by atomic mass is 9.91. The molecule has 0 aromatic heterocycles. The molecule has 3 aliphatic rings. The highest BCUT2D eigenvalue weighted by Crippen LogP contribution is 2.43. The summed E-state index contributed by atoms with van der Waals surface area (Å²) >= 11 is 19.2. The number of hydrogen-bond donors (Lipinski definition) is 0. The summed E-state index contributed by atoms with van der Waals surface area (Å²) in [5.74, 6) is 0.211. The number of carbonyl (C=O) groups excluding carboxylic acids is 1. The highest BCUT2D eigenvalue weighted by molar-refractivity contribution is 6.46. The van der Waals surface area contributed by atoms with Crippen molar-refractivity contribution < 1.29 is 9.18 Å². The van der Waals surface area contributed by atoms with Gasteiger partial charge in [-0.2, -0.15) is 9.63 Å². The molecule has 33 heavy (non-hydrogen) atoms. The molecule has 1 saturated carbocycles. The second-order valence-corrected chi connectivity index (χ2v) is 10.3. The third kappa shape index (κ3) is 4.23.